The quantitative estimate of drug-likeness (QED) is 0.164. The number of rotatable bonds is 8. The van der Waals surface area contributed by atoms with Crippen LogP contribution in [0.1, 0.15) is 33.4 Å². The van der Waals surface area contributed by atoms with Gasteiger partial charge >= 0.3 is 0 Å². The summed E-state index contributed by atoms with van der Waals surface area (Å²) in [4.78, 5) is -0.774. The zero-order chi connectivity index (χ0) is 30.2. The van der Waals surface area contributed by atoms with Gasteiger partial charge in [0.1, 0.15) is 20.2 Å². The number of hydrogen-bond donors (Lipinski definition) is 2. The number of benzene rings is 6. The molecule has 0 radical (unpaired) electrons. The maximum absolute atomic E-state index is 13.0. The van der Waals surface area contributed by atoms with Crippen molar-refractivity contribution in [3.8, 4) is 0 Å². The van der Waals surface area contributed by atoms with Crippen molar-refractivity contribution < 1.29 is 25.9 Å². The number of quaternary nitrogens is 2. The van der Waals surface area contributed by atoms with Crippen LogP contribution in [0.15, 0.2) is 131 Å². The molecular weight excluding hydrogens is 609 g/mol. The Hall–Kier alpha value is -4.42. The van der Waals surface area contributed by atoms with Gasteiger partial charge in [-0.15, -0.1) is 0 Å². The highest BCUT2D eigenvalue weighted by molar-refractivity contribution is 7.86. The molecule has 0 aromatic heterocycles. The predicted molar refractivity (Wildman–Crippen MR) is 177 cm³/mol. The van der Waals surface area contributed by atoms with Crippen LogP contribution in [0.3, 0.4) is 0 Å². The van der Waals surface area contributed by atoms with Gasteiger partial charge in [-0.2, -0.15) is 0 Å². The van der Waals surface area contributed by atoms with Gasteiger partial charge in [-0.3, -0.25) is 0 Å². The van der Waals surface area contributed by atoms with E-state index in [4.69, 9.17) is 0 Å². The summed E-state index contributed by atoms with van der Waals surface area (Å²) in [5.74, 6) is 0. The summed E-state index contributed by atoms with van der Waals surface area (Å²) in [5, 5.41) is 2.40. The molecule has 0 aliphatic heterocycles. The van der Waals surface area contributed by atoms with Crippen molar-refractivity contribution >= 4 is 41.8 Å². The summed E-state index contributed by atoms with van der Waals surface area (Å²) in [5.41, 5.74) is 2.59. The van der Waals surface area contributed by atoms with Crippen LogP contribution in [0.5, 0.6) is 0 Å². The fourth-order valence-electron chi connectivity index (χ4n) is 5.98. The molecule has 6 aromatic rings. The second-order valence-corrected chi connectivity index (χ2v) is 13.2. The van der Waals surface area contributed by atoms with Crippen molar-refractivity contribution in [3.63, 3.8) is 0 Å². The topological polar surface area (TPSA) is 187 Å². The first-order chi connectivity index (χ1) is 20.6. The van der Waals surface area contributed by atoms with E-state index in [2.05, 4.69) is 0 Å². The summed E-state index contributed by atoms with van der Waals surface area (Å²) in [7, 11) is -10.1. The first-order valence-corrected chi connectivity index (χ1v) is 16.5. The monoisotopic (exact) mass is 642 g/mol. The van der Waals surface area contributed by atoms with Gasteiger partial charge in [0.2, 0.25) is 0 Å². The highest BCUT2D eigenvalue weighted by Crippen LogP contribution is 2.38. The highest BCUT2D eigenvalue weighted by Gasteiger charge is 2.24. The van der Waals surface area contributed by atoms with Crippen LogP contribution in [-0.4, -0.2) is 25.9 Å². The fraction of sp³-hybridized carbons (Fsp3) is 0.0857. The van der Waals surface area contributed by atoms with Crippen molar-refractivity contribution in [2.75, 3.05) is 0 Å². The highest BCUT2D eigenvalue weighted by atomic mass is 32.2. The molecule has 0 heterocycles. The Morgan fingerprint density at radius 2 is 0.778 bits per heavy atom. The normalized spacial score (nSPS) is 11.6. The molecule has 0 amide bonds. The molecule has 0 fully saturated rings. The minimum atomic E-state index is -5.03. The van der Waals surface area contributed by atoms with Crippen LogP contribution in [0.4, 0.5) is 0 Å². The lowest BCUT2D eigenvalue weighted by molar-refractivity contribution is 0.460. The Balaban J connectivity index is 0.00000230. The molecular formula is C35H34N2O6S2. The Bertz CT molecular complexity index is 2050. The molecule has 10 heteroatoms. The maximum atomic E-state index is 13.0. The van der Waals surface area contributed by atoms with Crippen molar-refractivity contribution in [2.24, 2.45) is 0 Å². The standard InChI is InChI=1S/C35H28O6S2.2H3N/c36-42(37,38)34-28(19-24-11-3-1-4-12-24)21-26-15-7-9-17-30(26)32(34)23-33-31-18-10-8-16-27(31)22-29(35(33)43(39,40)41)20-25-13-5-2-6-14-25;;/h1-18,21-22H,19-20,23H2,(H,36,37,38)(H,39,40,41);2*1H3. The lowest BCUT2D eigenvalue weighted by atomic mass is 9.89. The first kappa shape index (κ1) is 33.5. The van der Waals surface area contributed by atoms with E-state index in [1.54, 1.807) is 36.4 Å². The van der Waals surface area contributed by atoms with Crippen molar-refractivity contribution in [3.05, 3.63) is 155 Å². The van der Waals surface area contributed by atoms with E-state index in [9.17, 15) is 25.9 Å². The molecule has 6 rings (SSSR count). The van der Waals surface area contributed by atoms with Crippen LogP contribution in [-0.2, 0) is 39.5 Å². The summed E-state index contributed by atoms with van der Waals surface area (Å²) in [6, 6.07) is 36.0. The van der Waals surface area contributed by atoms with E-state index in [0.717, 1.165) is 11.1 Å². The Kier molecular flexibility index (Phi) is 9.89. The van der Waals surface area contributed by atoms with E-state index in [-0.39, 0.29) is 52.5 Å². The number of fused-ring (bicyclic) bond motifs is 2. The molecule has 0 saturated carbocycles. The second kappa shape index (κ2) is 13.3. The van der Waals surface area contributed by atoms with Gasteiger partial charge in [-0.25, -0.2) is 16.8 Å². The van der Waals surface area contributed by atoms with Crippen LogP contribution >= 0.6 is 0 Å². The molecule has 232 valence electrons. The molecule has 45 heavy (non-hydrogen) atoms. The van der Waals surface area contributed by atoms with E-state index in [0.29, 0.717) is 32.7 Å². The molecule has 0 aliphatic carbocycles. The molecule has 0 unspecified atom stereocenters. The molecule has 0 saturated heterocycles. The zero-order valence-corrected chi connectivity index (χ0v) is 26.6. The van der Waals surface area contributed by atoms with Gasteiger partial charge in [-0.05, 0) is 79.9 Å². The van der Waals surface area contributed by atoms with Crippen LogP contribution < -0.4 is 12.3 Å². The SMILES string of the molecule is O=S(=O)([O-])c1c(Cc2ccccc2)cc2ccccc2c1Cc1c(S(=O)(=O)[O-])c(Cc2ccccc2)cc2ccccc12.[NH4+].[NH4+]. The molecule has 8 N–H and O–H groups in total. The van der Waals surface area contributed by atoms with Crippen molar-refractivity contribution in [1.29, 1.82) is 0 Å². The Morgan fingerprint density at radius 3 is 1.13 bits per heavy atom. The third-order valence-corrected chi connectivity index (χ3v) is 9.71. The zero-order valence-electron chi connectivity index (χ0n) is 24.9. The van der Waals surface area contributed by atoms with Crippen LogP contribution in [0.2, 0.25) is 0 Å². The molecule has 8 nitrogen and oxygen atoms in total. The largest absolute Gasteiger partial charge is 0.744 e. The average Bonchev–Trinajstić information content (AvgIpc) is 2.97. The Morgan fingerprint density at radius 1 is 0.444 bits per heavy atom. The first-order valence-electron chi connectivity index (χ1n) is 13.7. The minimum Gasteiger partial charge on any atom is -0.744 e. The minimum absolute atomic E-state index is 0. The molecule has 0 spiro atoms. The van der Waals surface area contributed by atoms with E-state index < -0.39 is 20.2 Å². The summed E-state index contributed by atoms with van der Waals surface area (Å²) >= 11 is 0. The second-order valence-electron chi connectivity index (χ2n) is 10.5. The van der Waals surface area contributed by atoms with Gasteiger partial charge in [-0.1, -0.05) is 109 Å². The molecule has 0 bridgehead atoms. The average molecular weight is 643 g/mol. The summed E-state index contributed by atoms with van der Waals surface area (Å²) in [6.45, 7) is 0. The van der Waals surface area contributed by atoms with Gasteiger partial charge < -0.3 is 21.4 Å². The third-order valence-electron chi connectivity index (χ3n) is 7.69. The number of hydrogen-bond acceptors (Lipinski definition) is 6. The lowest BCUT2D eigenvalue weighted by Crippen LogP contribution is -2.13. The van der Waals surface area contributed by atoms with Gasteiger partial charge in [0, 0.05) is 6.42 Å². The van der Waals surface area contributed by atoms with Crippen LogP contribution in [0.25, 0.3) is 21.5 Å². The maximum Gasteiger partial charge on any atom is 0.125 e. The summed E-state index contributed by atoms with van der Waals surface area (Å²) in [6.07, 6.45) is 0.105. The van der Waals surface area contributed by atoms with E-state index in [1.807, 2.05) is 84.9 Å². The molecule has 6 aromatic carbocycles. The third kappa shape index (κ3) is 6.97. The Labute approximate surface area is 263 Å². The van der Waals surface area contributed by atoms with E-state index >= 15 is 0 Å². The van der Waals surface area contributed by atoms with Gasteiger partial charge in [0.25, 0.3) is 0 Å². The summed E-state index contributed by atoms with van der Waals surface area (Å²) < 4.78 is 78.1. The van der Waals surface area contributed by atoms with Crippen molar-refractivity contribution in [1.82, 2.24) is 12.3 Å². The molecule has 0 aliphatic rings. The smallest absolute Gasteiger partial charge is 0.125 e. The molecule has 0 atom stereocenters. The predicted octanol–water partition coefficient (Wildman–Crippen LogP) is 7.33. The van der Waals surface area contributed by atoms with Gasteiger partial charge in [0.15, 0.2) is 0 Å². The lowest BCUT2D eigenvalue weighted by Gasteiger charge is -2.24. The van der Waals surface area contributed by atoms with Crippen LogP contribution in [0, 0.1) is 0 Å². The van der Waals surface area contributed by atoms with Gasteiger partial charge in [0.05, 0.1) is 9.79 Å². The fourth-order valence-corrected chi connectivity index (χ4v) is 7.85. The van der Waals surface area contributed by atoms with Crippen molar-refractivity contribution in [2.45, 2.75) is 29.1 Å². The van der Waals surface area contributed by atoms with E-state index in [1.165, 1.54) is 0 Å².